The molecule has 1 atom stereocenters. The van der Waals surface area contributed by atoms with Crippen LogP contribution in [-0.2, 0) is 13.1 Å². The molecule has 0 spiro atoms. The minimum absolute atomic E-state index is 0. The lowest BCUT2D eigenvalue weighted by Gasteiger charge is -2.18. The molecule has 1 aliphatic rings. The summed E-state index contributed by atoms with van der Waals surface area (Å²) in [5.74, 6) is 1.36. The average molecular weight is 363 g/mol. The first kappa shape index (κ1) is 19.1. The highest BCUT2D eigenvalue weighted by atomic mass is 35.5. The molecule has 6 heteroatoms. The van der Waals surface area contributed by atoms with Crippen molar-refractivity contribution in [3.8, 4) is 11.5 Å². The zero-order valence-corrected chi connectivity index (χ0v) is 15.4. The second kappa shape index (κ2) is 8.23. The molecule has 1 heterocycles. The van der Waals surface area contributed by atoms with E-state index in [4.69, 9.17) is 9.47 Å². The maximum Gasteiger partial charge on any atom is 0.251 e. The minimum atomic E-state index is -0.200. The van der Waals surface area contributed by atoms with E-state index >= 15 is 0 Å². The summed E-state index contributed by atoms with van der Waals surface area (Å²) < 4.78 is 10.7. The first-order valence-electron chi connectivity index (χ1n) is 7.97. The van der Waals surface area contributed by atoms with Crippen LogP contribution in [0, 0.1) is 0 Å². The van der Waals surface area contributed by atoms with Gasteiger partial charge >= 0.3 is 0 Å². The van der Waals surface area contributed by atoms with Gasteiger partial charge < -0.3 is 20.1 Å². The van der Waals surface area contributed by atoms with Gasteiger partial charge in [-0.1, -0.05) is 6.07 Å². The smallest absolute Gasteiger partial charge is 0.251 e. The highest BCUT2D eigenvalue weighted by Crippen LogP contribution is 2.29. The monoisotopic (exact) mass is 362 g/mol. The Bertz CT molecular complexity index is 764. The number of fused-ring (bicyclic) bond motifs is 1. The van der Waals surface area contributed by atoms with Crippen LogP contribution in [0.25, 0.3) is 0 Å². The van der Waals surface area contributed by atoms with Crippen LogP contribution in [0.2, 0.25) is 0 Å². The van der Waals surface area contributed by atoms with Crippen molar-refractivity contribution in [2.45, 2.75) is 26.1 Å². The third-order valence-corrected chi connectivity index (χ3v) is 4.35. The second-order valence-electron chi connectivity index (χ2n) is 5.89. The zero-order valence-electron chi connectivity index (χ0n) is 14.6. The first-order chi connectivity index (χ1) is 11.6. The van der Waals surface area contributed by atoms with E-state index in [1.54, 1.807) is 14.2 Å². The van der Waals surface area contributed by atoms with Crippen molar-refractivity contribution in [1.29, 1.82) is 0 Å². The normalized spacial score (nSPS) is 13.4. The molecule has 0 saturated heterocycles. The van der Waals surface area contributed by atoms with Crippen LogP contribution >= 0.6 is 12.4 Å². The lowest BCUT2D eigenvalue weighted by atomic mass is 10.0. The van der Waals surface area contributed by atoms with Gasteiger partial charge in [0.2, 0.25) is 0 Å². The average Bonchev–Trinajstić information content (AvgIpc) is 3.08. The third-order valence-electron chi connectivity index (χ3n) is 4.35. The summed E-state index contributed by atoms with van der Waals surface area (Å²) in [5, 5.41) is 6.32. The fourth-order valence-electron chi connectivity index (χ4n) is 2.97. The Labute approximate surface area is 154 Å². The van der Waals surface area contributed by atoms with Gasteiger partial charge in [0.1, 0.15) is 11.5 Å². The van der Waals surface area contributed by atoms with Gasteiger partial charge in [0, 0.05) is 24.2 Å². The van der Waals surface area contributed by atoms with Crippen molar-refractivity contribution in [2.24, 2.45) is 0 Å². The number of carbonyl (C=O) groups excluding carboxylic acids is 1. The molecule has 0 fully saturated rings. The van der Waals surface area contributed by atoms with Crippen molar-refractivity contribution in [2.75, 3.05) is 14.2 Å². The molecule has 0 aromatic heterocycles. The Morgan fingerprint density at radius 3 is 2.56 bits per heavy atom. The molecule has 0 bridgehead atoms. The number of ether oxygens (including phenoxy) is 2. The summed E-state index contributed by atoms with van der Waals surface area (Å²) >= 11 is 0. The summed E-state index contributed by atoms with van der Waals surface area (Å²) in [4.78, 5) is 12.6. The standard InChI is InChI=1S/C19H22N2O3.ClH/c1-12(17-9-16(23-2)6-7-18(17)24-3)21-19(22)13-4-5-14-10-20-11-15(14)8-13;/h4-9,12,20H,10-11H2,1-3H3,(H,21,22);1H. The Kier molecular flexibility index (Phi) is 6.28. The van der Waals surface area contributed by atoms with Crippen molar-refractivity contribution in [1.82, 2.24) is 10.6 Å². The number of methoxy groups -OCH3 is 2. The summed E-state index contributed by atoms with van der Waals surface area (Å²) in [6.45, 7) is 3.62. The van der Waals surface area contributed by atoms with Crippen LogP contribution in [0.1, 0.15) is 40.0 Å². The van der Waals surface area contributed by atoms with E-state index in [1.165, 1.54) is 11.1 Å². The Hall–Kier alpha value is -2.24. The number of halogens is 1. The number of nitrogens with one attached hydrogen (secondary N) is 2. The summed E-state index contributed by atoms with van der Waals surface area (Å²) in [5.41, 5.74) is 4.00. The van der Waals surface area contributed by atoms with Gasteiger partial charge in [-0.2, -0.15) is 0 Å². The van der Waals surface area contributed by atoms with E-state index in [2.05, 4.69) is 10.6 Å². The van der Waals surface area contributed by atoms with Crippen LogP contribution in [0.4, 0.5) is 0 Å². The first-order valence-corrected chi connectivity index (χ1v) is 7.97. The summed E-state index contributed by atoms with van der Waals surface area (Å²) in [6, 6.07) is 11.2. The molecule has 0 saturated carbocycles. The number of rotatable bonds is 5. The molecular formula is C19H23ClN2O3. The summed E-state index contributed by atoms with van der Waals surface area (Å²) in [6.07, 6.45) is 0. The molecule has 3 rings (SSSR count). The molecule has 25 heavy (non-hydrogen) atoms. The van der Waals surface area contributed by atoms with E-state index in [0.29, 0.717) is 5.56 Å². The predicted molar refractivity (Wildman–Crippen MR) is 99.7 cm³/mol. The molecule has 2 aromatic rings. The molecule has 2 aromatic carbocycles. The Balaban J connectivity index is 0.00000225. The number of benzene rings is 2. The fourth-order valence-corrected chi connectivity index (χ4v) is 2.97. The van der Waals surface area contributed by atoms with E-state index in [1.807, 2.05) is 43.3 Å². The molecule has 0 aliphatic carbocycles. The van der Waals surface area contributed by atoms with Gasteiger partial charge in [-0.3, -0.25) is 4.79 Å². The van der Waals surface area contributed by atoms with E-state index < -0.39 is 0 Å². The van der Waals surface area contributed by atoms with Crippen molar-refractivity contribution in [3.63, 3.8) is 0 Å². The van der Waals surface area contributed by atoms with Crippen LogP contribution < -0.4 is 20.1 Å². The van der Waals surface area contributed by atoms with E-state index in [0.717, 1.165) is 30.2 Å². The van der Waals surface area contributed by atoms with E-state index in [9.17, 15) is 4.79 Å². The predicted octanol–water partition coefficient (Wildman–Crippen LogP) is 3.22. The van der Waals surface area contributed by atoms with Gasteiger partial charge in [-0.05, 0) is 48.4 Å². The van der Waals surface area contributed by atoms with Crippen molar-refractivity contribution < 1.29 is 14.3 Å². The number of amides is 1. The van der Waals surface area contributed by atoms with Gasteiger partial charge in [-0.25, -0.2) is 0 Å². The van der Waals surface area contributed by atoms with Gasteiger partial charge in [-0.15, -0.1) is 12.4 Å². The van der Waals surface area contributed by atoms with Crippen molar-refractivity contribution >= 4 is 18.3 Å². The molecule has 1 aliphatic heterocycles. The van der Waals surface area contributed by atoms with Crippen LogP contribution in [-0.4, -0.2) is 20.1 Å². The molecule has 1 amide bonds. The van der Waals surface area contributed by atoms with Gasteiger partial charge in [0.05, 0.1) is 20.3 Å². The maximum atomic E-state index is 12.6. The van der Waals surface area contributed by atoms with Crippen LogP contribution in [0.15, 0.2) is 36.4 Å². The zero-order chi connectivity index (χ0) is 17.1. The lowest BCUT2D eigenvalue weighted by Crippen LogP contribution is -2.27. The molecule has 5 nitrogen and oxygen atoms in total. The highest BCUT2D eigenvalue weighted by Gasteiger charge is 2.18. The Morgan fingerprint density at radius 2 is 1.84 bits per heavy atom. The fraction of sp³-hybridized carbons (Fsp3) is 0.316. The molecule has 1 unspecified atom stereocenters. The Morgan fingerprint density at radius 1 is 1.08 bits per heavy atom. The third kappa shape index (κ3) is 4.06. The molecule has 2 N–H and O–H groups in total. The highest BCUT2D eigenvalue weighted by molar-refractivity contribution is 5.94. The molecule has 0 radical (unpaired) electrons. The lowest BCUT2D eigenvalue weighted by molar-refractivity contribution is 0.0939. The minimum Gasteiger partial charge on any atom is -0.497 e. The SMILES string of the molecule is COc1ccc(OC)c(C(C)NC(=O)c2ccc3c(c2)CNC3)c1.Cl. The second-order valence-corrected chi connectivity index (χ2v) is 5.89. The van der Waals surface area contributed by atoms with Crippen LogP contribution in [0.3, 0.4) is 0 Å². The number of carbonyl (C=O) groups is 1. The van der Waals surface area contributed by atoms with Crippen LogP contribution in [0.5, 0.6) is 11.5 Å². The largest absolute Gasteiger partial charge is 0.497 e. The van der Waals surface area contributed by atoms with Gasteiger partial charge in [0.15, 0.2) is 0 Å². The maximum absolute atomic E-state index is 12.6. The molecular weight excluding hydrogens is 340 g/mol. The molecule has 134 valence electrons. The quantitative estimate of drug-likeness (QED) is 0.857. The topological polar surface area (TPSA) is 59.6 Å². The summed E-state index contributed by atoms with van der Waals surface area (Å²) in [7, 11) is 3.24. The number of hydrogen-bond acceptors (Lipinski definition) is 4. The van der Waals surface area contributed by atoms with Crippen molar-refractivity contribution in [3.05, 3.63) is 58.7 Å². The van der Waals surface area contributed by atoms with Gasteiger partial charge in [0.25, 0.3) is 5.91 Å². The van der Waals surface area contributed by atoms with E-state index in [-0.39, 0.29) is 24.4 Å². The number of hydrogen-bond donors (Lipinski definition) is 2.